The Balaban J connectivity index is 2.36. The summed E-state index contributed by atoms with van der Waals surface area (Å²) in [5.74, 6) is -0.360. The van der Waals surface area contributed by atoms with Crippen molar-refractivity contribution < 1.29 is 14.6 Å². The quantitative estimate of drug-likeness (QED) is 0.928. The third kappa shape index (κ3) is 2.77. The molecule has 2 aromatic rings. The second kappa shape index (κ2) is 5.28. The lowest BCUT2D eigenvalue weighted by molar-refractivity contribution is 0.0695. The maximum atomic E-state index is 10.9. The van der Waals surface area contributed by atoms with E-state index < -0.39 is 5.97 Å². The van der Waals surface area contributed by atoms with Crippen LogP contribution in [0.15, 0.2) is 18.3 Å². The number of carboxylic acid groups (broad SMARTS) is 1. The lowest BCUT2D eigenvalue weighted by atomic mass is 10.1. The SMILES string of the molecule is Cc1cc(C)c(C)c(Oc2ncc(C(=O)O)c(C)n2)c1. The number of carbonyl (C=O) groups is 1. The minimum atomic E-state index is -1.04. The highest BCUT2D eigenvalue weighted by atomic mass is 16.5. The van der Waals surface area contributed by atoms with Crippen LogP contribution in [-0.4, -0.2) is 21.0 Å². The van der Waals surface area contributed by atoms with Crippen molar-refractivity contribution in [2.45, 2.75) is 27.7 Å². The fraction of sp³-hybridized carbons (Fsp3) is 0.267. The van der Waals surface area contributed by atoms with E-state index in [0.29, 0.717) is 11.4 Å². The van der Waals surface area contributed by atoms with E-state index in [4.69, 9.17) is 9.84 Å². The summed E-state index contributed by atoms with van der Waals surface area (Å²) in [6, 6.07) is 4.13. The molecule has 5 nitrogen and oxygen atoms in total. The summed E-state index contributed by atoms with van der Waals surface area (Å²) in [5.41, 5.74) is 3.68. The summed E-state index contributed by atoms with van der Waals surface area (Å²) in [5, 5.41) is 8.94. The van der Waals surface area contributed by atoms with Gasteiger partial charge in [-0.2, -0.15) is 4.98 Å². The van der Waals surface area contributed by atoms with Gasteiger partial charge in [-0.15, -0.1) is 0 Å². The number of aromatic nitrogens is 2. The van der Waals surface area contributed by atoms with E-state index in [1.165, 1.54) is 6.20 Å². The number of aromatic carboxylic acids is 1. The molecule has 0 aliphatic heterocycles. The van der Waals surface area contributed by atoms with Crippen molar-refractivity contribution in [1.82, 2.24) is 9.97 Å². The first-order valence-electron chi connectivity index (χ1n) is 6.21. The van der Waals surface area contributed by atoms with Gasteiger partial charge in [0.05, 0.1) is 11.3 Å². The molecular formula is C15H16N2O3. The number of benzene rings is 1. The van der Waals surface area contributed by atoms with Crippen LogP contribution in [0.1, 0.15) is 32.7 Å². The molecule has 20 heavy (non-hydrogen) atoms. The normalized spacial score (nSPS) is 10.4. The summed E-state index contributed by atoms with van der Waals surface area (Å²) in [6.07, 6.45) is 1.26. The van der Waals surface area contributed by atoms with Gasteiger partial charge in [0, 0.05) is 6.20 Å². The van der Waals surface area contributed by atoms with Gasteiger partial charge < -0.3 is 9.84 Å². The second-order valence-corrected chi connectivity index (χ2v) is 4.76. The standard InChI is InChI=1S/C15H16N2O3/c1-8-5-9(2)10(3)13(6-8)20-15-16-7-12(14(18)19)11(4)17-15/h5-7H,1-4H3,(H,18,19). The van der Waals surface area contributed by atoms with Gasteiger partial charge >= 0.3 is 12.0 Å². The van der Waals surface area contributed by atoms with Crippen LogP contribution in [0.3, 0.4) is 0 Å². The number of ether oxygens (including phenoxy) is 1. The Morgan fingerprint density at radius 3 is 2.50 bits per heavy atom. The Morgan fingerprint density at radius 2 is 1.90 bits per heavy atom. The monoisotopic (exact) mass is 272 g/mol. The third-order valence-corrected chi connectivity index (χ3v) is 3.15. The Bertz CT molecular complexity index is 681. The molecule has 1 N–H and O–H groups in total. The Kier molecular flexibility index (Phi) is 3.70. The van der Waals surface area contributed by atoms with Gasteiger partial charge in [0.25, 0.3) is 0 Å². The van der Waals surface area contributed by atoms with Crippen molar-refractivity contribution in [1.29, 1.82) is 0 Å². The Labute approximate surface area is 117 Å². The fourth-order valence-electron chi connectivity index (χ4n) is 1.91. The average molecular weight is 272 g/mol. The molecule has 0 amide bonds. The molecule has 0 bridgehead atoms. The molecule has 5 heteroatoms. The highest BCUT2D eigenvalue weighted by molar-refractivity contribution is 5.88. The molecule has 1 heterocycles. The maximum absolute atomic E-state index is 10.9. The van der Waals surface area contributed by atoms with Gasteiger partial charge in [-0.1, -0.05) is 6.07 Å². The first-order valence-corrected chi connectivity index (χ1v) is 6.21. The number of rotatable bonds is 3. The van der Waals surface area contributed by atoms with Gasteiger partial charge in [0.1, 0.15) is 5.75 Å². The molecule has 0 saturated carbocycles. The lowest BCUT2D eigenvalue weighted by Crippen LogP contribution is -2.04. The summed E-state index contributed by atoms with van der Waals surface area (Å²) < 4.78 is 5.67. The molecule has 2 rings (SSSR count). The van der Waals surface area contributed by atoms with Crippen LogP contribution in [0, 0.1) is 27.7 Å². The first-order chi connectivity index (χ1) is 9.38. The minimum Gasteiger partial charge on any atom is -0.478 e. The van der Waals surface area contributed by atoms with Crippen molar-refractivity contribution in [2.75, 3.05) is 0 Å². The number of nitrogens with zero attached hydrogens (tertiary/aromatic N) is 2. The summed E-state index contributed by atoms with van der Waals surface area (Å²) >= 11 is 0. The van der Waals surface area contributed by atoms with E-state index in [0.717, 1.165) is 16.7 Å². The molecule has 0 unspecified atom stereocenters. The highest BCUT2D eigenvalue weighted by Gasteiger charge is 2.12. The Hall–Kier alpha value is -2.43. The molecule has 1 aromatic carbocycles. The molecule has 0 radical (unpaired) electrons. The number of aryl methyl sites for hydroxylation is 3. The lowest BCUT2D eigenvalue weighted by Gasteiger charge is -2.11. The Morgan fingerprint density at radius 1 is 1.20 bits per heavy atom. The summed E-state index contributed by atoms with van der Waals surface area (Å²) in [6.45, 7) is 7.57. The predicted molar refractivity (Wildman–Crippen MR) is 74.5 cm³/mol. The zero-order valence-corrected chi connectivity index (χ0v) is 11.9. The van der Waals surface area contributed by atoms with Gasteiger partial charge in [-0.05, 0) is 50.5 Å². The average Bonchev–Trinajstić information content (AvgIpc) is 2.35. The summed E-state index contributed by atoms with van der Waals surface area (Å²) in [7, 11) is 0. The fourth-order valence-corrected chi connectivity index (χ4v) is 1.91. The van der Waals surface area contributed by atoms with Crippen molar-refractivity contribution >= 4 is 5.97 Å². The van der Waals surface area contributed by atoms with E-state index in [2.05, 4.69) is 16.0 Å². The van der Waals surface area contributed by atoms with Crippen LogP contribution < -0.4 is 4.74 Å². The smallest absolute Gasteiger partial charge is 0.339 e. The number of hydrogen-bond acceptors (Lipinski definition) is 4. The molecule has 1 aromatic heterocycles. The molecular weight excluding hydrogens is 256 g/mol. The van der Waals surface area contributed by atoms with E-state index in [-0.39, 0.29) is 11.6 Å². The molecule has 0 aliphatic carbocycles. The molecule has 104 valence electrons. The molecule has 0 spiro atoms. The first kappa shape index (κ1) is 14.0. The molecule has 0 fully saturated rings. The van der Waals surface area contributed by atoms with Crippen molar-refractivity contribution in [3.63, 3.8) is 0 Å². The van der Waals surface area contributed by atoms with Crippen LogP contribution in [-0.2, 0) is 0 Å². The second-order valence-electron chi connectivity index (χ2n) is 4.76. The van der Waals surface area contributed by atoms with Crippen LogP contribution in [0.2, 0.25) is 0 Å². The van der Waals surface area contributed by atoms with E-state index in [9.17, 15) is 4.79 Å². The summed E-state index contributed by atoms with van der Waals surface area (Å²) in [4.78, 5) is 18.9. The van der Waals surface area contributed by atoms with E-state index in [1.54, 1.807) is 6.92 Å². The van der Waals surface area contributed by atoms with Gasteiger partial charge in [-0.3, -0.25) is 0 Å². The van der Waals surface area contributed by atoms with E-state index in [1.807, 2.05) is 26.8 Å². The zero-order valence-electron chi connectivity index (χ0n) is 11.9. The van der Waals surface area contributed by atoms with Crippen molar-refractivity contribution in [3.05, 3.63) is 46.3 Å². The van der Waals surface area contributed by atoms with E-state index >= 15 is 0 Å². The zero-order chi connectivity index (χ0) is 14.9. The number of carboxylic acids is 1. The molecule has 0 saturated heterocycles. The van der Waals surface area contributed by atoms with Crippen molar-refractivity contribution in [3.8, 4) is 11.8 Å². The van der Waals surface area contributed by atoms with Gasteiger partial charge in [-0.25, -0.2) is 9.78 Å². The molecule has 0 atom stereocenters. The maximum Gasteiger partial charge on any atom is 0.339 e. The number of hydrogen-bond donors (Lipinski definition) is 1. The van der Waals surface area contributed by atoms with Gasteiger partial charge in [0.15, 0.2) is 0 Å². The van der Waals surface area contributed by atoms with Gasteiger partial charge in [0.2, 0.25) is 0 Å². The molecule has 0 aliphatic rings. The topological polar surface area (TPSA) is 72.3 Å². The van der Waals surface area contributed by atoms with Crippen LogP contribution >= 0.6 is 0 Å². The third-order valence-electron chi connectivity index (χ3n) is 3.15. The minimum absolute atomic E-state index is 0.0782. The van der Waals surface area contributed by atoms with Crippen molar-refractivity contribution in [2.24, 2.45) is 0 Å². The predicted octanol–water partition coefficient (Wildman–Crippen LogP) is 3.20. The largest absolute Gasteiger partial charge is 0.478 e. The van der Waals surface area contributed by atoms with Crippen LogP contribution in [0.4, 0.5) is 0 Å². The van der Waals surface area contributed by atoms with Crippen LogP contribution in [0.25, 0.3) is 0 Å². The highest BCUT2D eigenvalue weighted by Crippen LogP contribution is 2.26. The van der Waals surface area contributed by atoms with Crippen LogP contribution in [0.5, 0.6) is 11.8 Å².